The number of para-hydroxylation sites is 1. The molecule has 1 aliphatic rings. The number of amides is 2. The third-order valence-corrected chi connectivity index (χ3v) is 5.21. The molecule has 5 rings (SSSR count). The first-order valence-corrected chi connectivity index (χ1v) is 9.47. The lowest BCUT2D eigenvalue weighted by Gasteiger charge is -2.09. The number of pyridine rings is 1. The lowest BCUT2D eigenvalue weighted by atomic mass is 9.99. The van der Waals surface area contributed by atoms with Gasteiger partial charge < -0.3 is 20.4 Å². The highest BCUT2D eigenvalue weighted by atomic mass is 16.5. The van der Waals surface area contributed by atoms with E-state index in [2.05, 4.69) is 20.6 Å². The summed E-state index contributed by atoms with van der Waals surface area (Å²) in [5.41, 5.74) is 5.35. The van der Waals surface area contributed by atoms with Crippen molar-refractivity contribution in [2.45, 2.75) is 0 Å². The number of aromatic amines is 1. The third kappa shape index (κ3) is 2.97. The first-order chi connectivity index (χ1) is 14.6. The van der Waals surface area contributed by atoms with E-state index in [0.717, 1.165) is 39.0 Å². The zero-order valence-corrected chi connectivity index (χ0v) is 16.2. The van der Waals surface area contributed by atoms with Crippen molar-refractivity contribution in [3.05, 3.63) is 66.5 Å². The van der Waals surface area contributed by atoms with Crippen LogP contribution in [0, 0.1) is 0 Å². The van der Waals surface area contributed by atoms with E-state index in [-0.39, 0.29) is 18.4 Å². The molecule has 0 atom stereocenters. The van der Waals surface area contributed by atoms with Crippen molar-refractivity contribution in [3.8, 4) is 28.0 Å². The number of rotatable bonds is 3. The van der Waals surface area contributed by atoms with Gasteiger partial charge in [0, 0.05) is 34.5 Å². The van der Waals surface area contributed by atoms with Gasteiger partial charge in [-0.2, -0.15) is 0 Å². The van der Waals surface area contributed by atoms with Crippen LogP contribution in [0.4, 0.5) is 5.69 Å². The normalized spacial score (nSPS) is 13.4. The number of fused-ring (bicyclic) bond motifs is 2. The Morgan fingerprint density at radius 2 is 1.83 bits per heavy atom. The number of hydrogen-bond donors (Lipinski definition) is 3. The van der Waals surface area contributed by atoms with Crippen LogP contribution in [0.2, 0.25) is 0 Å². The van der Waals surface area contributed by atoms with Crippen LogP contribution in [0.15, 0.2) is 60.9 Å². The van der Waals surface area contributed by atoms with E-state index in [1.807, 2.05) is 42.6 Å². The minimum Gasteiger partial charge on any atom is -0.496 e. The highest BCUT2D eigenvalue weighted by Gasteiger charge is 2.20. The van der Waals surface area contributed by atoms with E-state index in [9.17, 15) is 9.59 Å². The Hall–Kier alpha value is -4.13. The molecule has 0 saturated heterocycles. The maximum atomic E-state index is 12.4. The Kier molecular flexibility index (Phi) is 4.21. The summed E-state index contributed by atoms with van der Waals surface area (Å²) in [6.07, 6.45) is 3.68. The first-order valence-electron chi connectivity index (χ1n) is 9.47. The second kappa shape index (κ2) is 7.04. The van der Waals surface area contributed by atoms with Crippen molar-refractivity contribution in [3.63, 3.8) is 0 Å². The van der Waals surface area contributed by atoms with Gasteiger partial charge in [-0.25, -0.2) is 4.98 Å². The van der Waals surface area contributed by atoms with Gasteiger partial charge in [-0.05, 0) is 29.8 Å². The molecule has 2 aromatic carbocycles. The second-order valence-corrected chi connectivity index (χ2v) is 7.01. The van der Waals surface area contributed by atoms with Crippen molar-refractivity contribution in [2.75, 3.05) is 19.0 Å². The molecule has 3 heterocycles. The number of anilines is 1. The van der Waals surface area contributed by atoms with Crippen molar-refractivity contribution in [1.82, 2.24) is 15.3 Å². The van der Waals surface area contributed by atoms with Gasteiger partial charge in [0.1, 0.15) is 11.4 Å². The molecule has 0 aliphatic carbocycles. The molecule has 148 valence electrons. The number of benzene rings is 2. The molecule has 2 aromatic heterocycles. The van der Waals surface area contributed by atoms with Crippen molar-refractivity contribution in [2.24, 2.45) is 0 Å². The second-order valence-electron chi connectivity index (χ2n) is 7.01. The molecule has 1 aliphatic heterocycles. The molecule has 0 unspecified atom stereocenters. The molecule has 0 bridgehead atoms. The predicted molar refractivity (Wildman–Crippen MR) is 114 cm³/mol. The Morgan fingerprint density at radius 3 is 2.70 bits per heavy atom. The molecule has 0 radical (unpaired) electrons. The van der Waals surface area contributed by atoms with Gasteiger partial charge >= 0.3 is 0 Å². The maximum absolute atomic E-state index is 12.4. The summed E-state index contributed by atoms with van der Waals surface area (Å²) in [5.74, 6) is 0.253. The van der Waals surface area contributed by atoms with E-state index in [0.29, 0.717) is 11.3 Å². The largest absolute Gasteiger partial charge is 0.496 e. The lowest BCUT2D eigenvalue weighted by molar-refractivity contribution is -0.115. The summed E-state index contributed by atoms with van der Waals surface area (Å²) >= 11 is 0. The van der Waals surface area contributed by atoms with Gasteiger partial charge in [-0.1, -0.05) is 24.3 Å². The summed E-state index contributed by atoms with van der Waals surface area (Å²) in [4.78, 5) is 31.9. The average Bonchev–Trinajstić information content (AvgIpc) is 3.14. The summed E-state index contributed by atoms with van der Waals surface area (Å²) in [7, 11) is 1.65. The van der Waals surface area contributed by atoms with E-state index in [1.54, 1.807) is 25.4 Å². The zero-order chi connectivity index (χ0) is 20.7. The highest BCUT2D eigenvalue weighted by Crippen LogP contribution is 2.36. The molecular formula is C23H18N4O3. The molecule has 30 heavy (non-hydrogen) atoms. The quantitative estimate of drug-likeness (QED) is 0.491. The summed E-state index contributed by atoms with van der Waals surface area (Å²) in [6.45, 7) is -0.0397. The van der Waals surface area contributed by atoms with Gasteiger partial charge in [0.2, 0.25) is 5.91 Å². The van der Waals surface area contributed by atoms with Gasteiger partial charge in [0.05, 0.1) is 24.9 Å². The number of carbonyl (C=O) groups excluding carboxylic acids is 2. The molecule has 4 aromatic rings. The fraction of sp³-hybridized carbons (Fsp3) is 0.0870. The smallest absolute Gasteiger partial charge is 0.253 e. The van der Waals surface area contributed by atoms with Gasteiger partial charge in [-0.3, -0.25) is 9.59 Å². The van der Waals surface area contributed by atoms with Crippen LogP contribution in [0.5, 0.6) is 5.75 Å². The Balaban J connectivity index is 1.63. The van der Waals surface area contributed by atoms with Gasteiger partial charge in [0.15, 0.2) is 0 Å². The molecule has 0 fully saturated rings. The van der Waals surface area contributed by atoms with Gasteiger partial charge in [0.25, 0.3) is 5.91 Å². The van der Waals surface area contributed by atoms with E-state index in [1.165, 1.54) is 0 Å². The van der Waals surface area contributed by atoms with Crippen LogP contribution in [-0.2, 0) is 4.79 Å². The molecule has 3 N–H and O–H groups in total. The van der Waals surface area contributed by atoms with Gasteiger partial charge in [-0.15, -0.1) is 0 Å². The molecule has 2 amide bonds. The van der Waals surface area contributed by atoms with Crippen LogP contribution >= 0.6 is 0 Å². The van der Waals surface area contributed by atoms with Crippen molar-refractivity contribution < 1.29 is 14.3 Å². The number of ether oxygens (including phenoxy) is 1. The lowest BCUT2D eigenvalue weighted by Crippen LogP contribution is -2.28. The molecule has 0 saturated carbocycles. The van der Waals surface area contributed by atoms with E-state index >= 15 is 0 Å². The first kappa shape index (κ1) is 17.9. The predicted octanol–water partition coefficient (Wildman–Crippen LogP) is 3.59. The Morgan fingerprint density at radius 1 is 0.967 bits per heavy atom. The van der Waals surface area contributed by atoms with Crippen LogP contribution in [0.25, 0.3) is 33.3 Å². The molecule has 7 heteroatoms. The maximum Gasteiger partial charge on any atom is 0.253 e. The number of hydrogen-bond acceptors (Lipinski definition) is 4. The monoisotopic (exact) mass is 398 g/mol. The SMILES string of the molecule is COc1ccccc1-c1c[nH]c2ncc(-c3ccc4c(c3)C(=O)NCC(=O)N4)cc12. The number of H-pyrrole nitrogens is 1. The highest BCUT2D eigenvalue weighted by molar-refractivity contribution is 6.09. The number of aromatic nitrogens is 2. The summed E-state index contributed by atoms with van der Waals surface area (Å²) < 4.78 is 5.51. The van der Waals surface area contributed by atoms with Crippen molar-refractivity contribution >= 4 is 28.5 Å². The number of nitrogens with one attached hydrogen (secondary N) is 3. The average molecular weight is 398 g/mol. The third-order valence-electron chi connectivity index (χ3n) is 5.21. The Bertz CT molecular complexity index is 1310. The van der Waals surface area contributed by atoms with E-state index < -0.39 is 0 Å². The minimum atomic E-state index is -0.282. The van der Waals surface area contributed by atoms with Crippen LogP contribution in [0.1, 0.15) is 10.4 Å². The minimum absolute atomic E-state index is 0.0397. The number of carbonyl (C=O) groups is 2. The Labute approximate surface area is 172 Å². The summed E-state index contributed by atoms with van der Waals surface area (Å²) in [5, 5.41) is 6.30. The fourth-order valence-electron chi connectivity index (χ4n) is 3.72. The fourth-order valence-corrected chi connectivity index (χ4v) is 3.72. The topological polar surface area (TPSA) is 96.1 Å². The van der Waals surface area contributed by atoms with E-state index in [4.69, 9.17) is 4.74 Å². The molecule has 7 nitrogen and oxygen atoms in total. The van der Waals surface area contributed by atoms with Crippen LogP contribution < -0.4 is 15.4 Å². The number of nitrogens with zero attached hydrogens (tertiary/aromatic N) is 1. The molecular weight excluding hydrogens is 380 g/mol. The zero-order valence-electron chi connectivity index (χ0n) is 16.2. The number of methoxy groups -OCH3 is 1. The molecule has 0 spiro atoms. The van der Waals surface area contributed by atoms with Crippen molar-refractivity contribution in [1.29, 1.82) is 0 Å². The summed E-state index contributed by atoms with van der Waals surface area (Å²) in [6, 6.07) is 15.2. The standard InChI is InChI=1S/C23H18N4O3/c1-30-20-5-3-2-4-15(20)18-11-25-22-16(18)9-14(10-24-22)13-6-7-19-17(8-13)23(29)26-12-21(28)27-19/h2-11H,12H2,1H3,(H,24,25)(H,26,29)(H,27,28). The van der Waals surface area contributed by atoms with Crippen LogP contribution in [0.3, 0.4) is 0 Å². The van der Waals surface area contributed by atoms with Crippen LogP contribution in [-0.4, -0.2) is 35.4 Å².